The molecule has 0 spiro atoms. The lowest BCUT2D eigenvalue weighted by Crippen LogP contribution is -2.50. The third-order valence-electron chi connectivity index (χ3n) is 3.78. The number of halogens is 1. The quantitative estimate of drug-likeness (QED) is 0.868. The Kier molecular flexibility index (Phi) is 4.21. The van der Waals surface area contributed by atoms with Gasteiger partial charge in [0.25, 0.3) is 0 Å². The number of nitrogens with zero attached hydrogens (tertiary/aromatic N) is 5. The van der Waals surface area contributed by atoms with E-state index in [9.17, 15) is 4.79 Å². The molecule has 1 aliphatic heterocycles. The third kappa shape index (κ3) is 3.29. The Balaban J connectivity index is 1.82. The van der Waals surface area contributed by atoms with Crippen LogP contribution in [0.15, 0.2) is 18.5 Å². The van der Waals surface area contributed by atoms with Gasteiger partial charge in [0.15, 0.2) is 0 Å². The lowest BCUT2D eigenvalue weighted by molar-refractivity contribution is -0.134. The molecule has 1 N–H and O–H groups in total. The van der Waals surface area contributed by atoms with Gasteiger partial charge in [-0.3, -0.25) is 4.79 Å². The zero-order valence-corrected chi connectivity index (χ0v) is 14.1. The summed E-state index contributed by atoms with van der Waals surface area (Å²) in [7, 11) is 0. The third-order valence-corrected chi connectivity index (χ3v) is 3.99. The van der Waals surface area contributed by atoms with Crippen LogP contribution in [-0.2, 0) is 4.79 Å². The van der Waals surface area contributed by atoms with Gasteiger partial charge in [-0.05, 0) is 19.9 Å². The number of rotatable bonds is 4. The monoisotopic (exact) mass is 334 g/mol. The molecule has 7 nitrogen and oxygen atoms in total. The zero-order chi connectivity index (χ0) is 16.6. The molecule has 0 aromatic carbocycles. The fraction of sp³-hybridized carbons (Fsp3) is 0.467. The van der Waals surface area contributed by atoms with Gasteiger partial charge in [-0.1, -0.05) is 16.8 Å². The minimum atomic E-state index is 0.0897. The molecule has 0 atom stereocenters. The van der Waals surface area contributed by atoms with E-state index in [-0.39, 0.29) is 18.0 Å². The van der Waals surface area contributed by atoms with Crippen molar-refractivity contribution in [2.24, 2.45) is 0 Å². The van der Waals surface area contributed by atoms with Crippen molar-refractivity contribution in [3.05, 3.63) is 23.6 Å². The van der Waals surface area contributed by atoms with Crippen molar-refractivity contribution in [1.29, 1.82) is 0 Å². The van der Waals surface area contributed by atoms with Gasteiger partial charge in [0.2, 0.25) is 5.91 Å². The summed E-state index contributed by atoms with van der Waals surface area (Å²) in [5.74, 6) is 0.0897. The first-order valence-corrected chi connectivity index (χ1v) is 7.91. The van der Waals surface area contributed by atoms with Crippen LogP contribution in [0.4, 0.5) is 5.69 Å². The second-order valence-corrected chi connectivity index (χ2v) is 6.40. The summed E-state index contributed by atoms with van der Waals surface area (Å²) < 4.78 is 1.81. The fourth-order valence-corrected chi connectivity index (χ4v) is 2.68. The Hall–Kier alpha value is -2.15. The molecule has 2 aromatic heterocycles. The van der Waals surface area contributed by atoms with Gasteiger partial charge in [0, 0.05) is 43.5 Å². The smallest absolute Gasteiger partial charge is 0.219 e. The number of carbonyl (C=O) groups is 1. The molecule has 0 radical (unpaired) electrons. The normalized spacial score (nSPS) is 14.9. The van der Waals surface area contributed by atoms with Crippen LogP contribution in [0.5, 0.6) is 0 Å². The molecule has 0 unspecified atom stereocenters. The number of likely N-dealkylation sites (tertiary alicyclic amines) is 1. The topological polar surface area (TPSA) is 75.9 Å². The number of hydrogen-bond acceptors (Lipinski definition) is 5. The van der Waals surface area contributed by atoms with Gasteiger partial charge < -0.3 is 10.2 Å². The second-order valence-electron chi connectivity index (χ2n) is 6.01. The van der Waals surface area contributed by atoms with Crippen LogP contribution in [0, 0.1) is 0 Å². The van der Waals surface area contributed by atoms with Gasteiger partial charge >= 0.3 is 0 Å². The van der Waals surface area contributed by atoms with E-state index in [0.29, 0.717) is 18.2 Å². The summed E-state index contributed by atoms with van der Waals surface area (Å²) in [6, 6.07) is 2.23. The van der Waals surface area contributed by atoms with Gasteiger partial charge in [0.1, 0.15) is 10.8 Å². The van der Waals surface area contributed by atoms with Crippen LogP contribution in [0.2, 0.25) is 5.15 Å². The van der Waals surface area contributed by atoms with Crippen LogP contribution in [0.1, 0.15) is 26.8 Å². The summed E-state index contributed by atoms with van der Waals surface area (Å²) in [6.45, 7) is 7.04. The maximum Gasteiger partial charge on any atom is 0.219 e. The summed E-state index contributed by atoms with van der Waals surface area (Å²) in [5.41, 5.74) is 2.47. The Bertz CT molecular complexity index is 723. The number of aromatic nitrogens is 4. The number of anilines is 1. The van der Waals surface area contributed by atoms with Crippen molar-refractivity contribution in [1.82, 2.24) is 24.9 Å². The molecule has 1 aliphatic rings. The molecule has 1 amide bonds. The summed E-state index contributed by atoms with van der Waals surface area (Å²) in [5, 5.41) is 12.2. The summed E-state index contributed by atoms with van der Waals surface area (Å²) in [6.07, 6.45) is 3.59. The van der Waals surface area contributed by atoms with E-state index in [1.807, 2.05) is 10.9 Å². The Labute approximate surface area is 139 Å². The highest BCUT2D eigenvalue weighted by molar-refractivity contribution is 6.29. The predicted molar refractivity (Wildman–Crippen MR) is 88.3 cm³/mol. The van der Waals surface area contributed by atoms with Crippen LogP contribution in [0.25, 0.3) is 11.3 Å². The first-order chi connectivity index (χ1) is 10.9. The zero-order valence-electron chi connectivity index (χ0n) is 13.3. The van der Waals surface area contributed by atoms with E-state index in [4.69, 9.17) is 11.6 Å². The molecule has 1 saturated heterocycles. The molecular formula is C15H19ClN6O. The Morgan fingerprint density at radius 3 is 2.83 bits per heavy atom. The van der Waals surface area contributed by atoms with E-state index in [1.54, 1.807) is 24.1 Å². The van der Waals surface area contributed by atoms with E-state index in [2.05, 4.69) is 34.5 Å². The molecular weight excluding hydrogens is 316 g/mol. The maximum absolute atomic E-state index is 11.3. The predicted octanol–water partition coefficient (Wildman–Crippen LogP) is 2.22. The standard InChI is InChI=1S/C15H19ClN6O/c1-9(2)18-13-4-15(16)17-5-12(13)14-8-22(20-19-14)11-6-21(7-11)10(3)23/h4-5,8-9,11H,6-7H2,1-3H3,(H,17,18). The minimum absolute atomic E-state index is 0.0897. The second kappa shape index (κ2) is 6.16. The number of pyridine rings is 1. The highest BCUT2D eigenvalue weighted by Crippen LogP contribution is 2.29. The molecule has 0 aliphatic carbocycles. The first-order valence-electron chi connectivity index (χ1n) is 7.54. The molecule has 122 valence electrons. The molecule has 23 heavy (non-hydrogen) atoms. The molecule has 2 aromatic rings. The first kappa shape index (κ1) is 15.7. The fourth-order valence-electron chi connectivity index (χ4n) is 2.52. The van der Waals surface area contributed by atoms with Crippen molar-refractivity contribution in [2.75, 3.05) is 18.4 Å². The average Bonchev–Trinajstić information content (AvgIpc) is 2.85. The van der Waals surface area contributed by atoms with Crippen LogP contribution in [-0.4, -0.2) is 49.9 Å². The Morgan fingerprint density at radius 2 is 2.17 bits per heavy atom. The molecule has 8 heteroatoms. The van der Waals surface area contributed by atoms with Crippen LogP contribution in [0.3, 0.4) is 0 Å². The molecule has 0 saturated carbocycles. The van der Waals surface area contributed by atoms with E-state index < -0.39 is 0 Å². The number of hydrogen-bond donors (Lipinski definition) is 1. The molecule has 3 rings (SSSR count). The summed E-state index contributed by atoms with van der Waals surface area (Å²) in [4.78, 5) is 17.2. The van der Waals surface area contributed by atoms with Gasteiger partial charge in [-0.15, -0.1) is 5.10 Å². The van der Waals surface area contributed by atoms with Crippen molar-refractivity contribution in [3.63, 3.8) is 0 Å². The van der Waals surface area contributed by atoms with Crippen LogP contribution >= 0.6 is 11.6 Å². The number of carbonyl (C=O) groups excluding carboxylic acids is 1. The largest absolute Gasteiger partial charge is 0.382 e. The minimum Gasteiger partial charge on any atom is -0.382 e. The van der Waals surface area contributed by atoms with Crippen LogP contribution < -0.4 is 5.32 Å². The molecule has 0 bridgehead atoms. The van der Waals surface area contributed by atoms with E-state index >= 15 is 0 Å². The van der Waals surface area contributed by atoms with Crippen molar-refractivity contribution in [2.45, 2.75) is 32.9 Å². The lowest BCUT2D eigenvalue weighted by Gasteiger charge is -2.38. The number of amides is 1. The van der Waals surface area contributed by atoms with Crippen molar-refractivity contribution >= 4 is 23.2 Å². The lowest BCUT2D eigenvalue weighted by atomic mass is 10.1. The van der Waals surface area contributed by atoms with Gasteiger partial charge in [0.05, 0.1) is 12.2 Å². The van der Waals surface area contributed by atoms with Crippen molar-refractivity contribution in [3.8, 4) is 11.3 Å². The van der Waals surface area contributed by atoms with E-state index in [1.165, 1.54) is 0 Å². The highest BCUT2D eigenvalue weighted by atomic mass is 35.5. The van der Waals surface area contributed by atoms with Gasteiger partial charge in [-0.25, -0.2) is 9.67 Å². The van der Waals surface area contributed by atoms with E-state index in [0.717, 1.165) is 16.9 Å². The highest BCUT2D eigenvalue weighted by Gasteiger charge is 2.31. The molecule has 3 heterocycles. The molecule has 1 fully saturated rings. The number of nitrogens with one attached hydrogen (secondary N) is 1. The van der Waals surface area contributed by atoms with Crippen molar-refractivity contribution < 1.29 is 4.79 Å². The Morgan fingerprint density at radius 1 is 1.43 bits per heavy atom. The average molecular weight is 335 g/mol. The summed E-state index contributed by atoms with van der Waals surface area (Å²) >= 11 is 5.99. The SMILES string of the molecule is CC(=O)N1CC(n2cc(-c3cnc(Cl)cc3NC(C)C)nn2)C1. The maximum atomic E-state index is 11.3. The van der Waals surface area contributed by atoms with Gasteiger partial charge in [-0.2, -0.15) is 0 Å².